The largest absolute Gasteiger partial charge is 0.416 e. The van der Waals surface area contributed by atoms with Crippen molar-refractivity contribution in [3.8, 4) is 0 Å². The molecule has 1 aliphatic rings. The summed E-state index contributed by atoms with van der Waals surface area (Å²) in [6, 6.07) is 22.0. The van der Waals surface area contributed by atoms with Crippen molar-refractivity contribution in [3.05, 3.63) is 129 Å². The zero-order chi connectivity index (χ0) is 36.1. The normalized spacial score (nSPS) is 14.3. The fraction of sp³-hybridized carbons (Fsp3) is 0.297. The van der Waals surface area contributed by atoms with Crippen molar-refractivity contribution < 1.29 is 31.2 Å². The number of aryl methyl sites for hydroxylation is 1. The van der Waals surface area contributed by atoms with Gasteiger partial charge in [0.25, 0.3) is 10.0 Å². The summed E-state index contributed by atoms with van der Waals surface area (Å²) in [5, 5.41) is 3.63. The van der Waals surface area contributed by atoms with Crippen LogP contribution in [0.15, 0.2) is 102 Å². The van der Waals surface area contributed by atoms with Crippen LogP contribution in [0.5, 0.6) is 0 Å². The molecule has 50 heavy (non-hydrogen) atoms. The van der Waals surface area contributed by atoms with Gasteiger partial charge >= 0.3 is 6.18 Å². The third kappa shape index (κ3) is 9.18. The lowest BCUT2D eigenvalue weighted by molar-refractivity contribution is -0.140. The average molecular weight is 747 g/mol. The molecule has 1 aliphatic carbocycles. The molecule has 13 heteroatoms. The molecular formula is C37H36Cl2F3N3O4S. The van der Waals surface area contributed by atoms with Gasteiger partial charge in [-0.2, -0.15) is 13.2 Å². The SMILES string of the molecule is Cc1ccc(S(=O)(=O)N(CC(=O)N(Cc2ccc(Cl)cc2Cl)[C@@H](Cc2ccccc2)C(=O)NC2CCCC2)c2cccc(C(F)(F)F)c2)cc1. The lowest BCUT2D eigenvalue weighted by Crippen LogP contribution is -2.54. The van der Waals surface area contributed by atoms with E-state index in [4.69, 9.17) is 23.2 Å². The molecular weight excluding hydrogens is 710 g/mol. The van der Waals surface area contributed by atoms with Gasteiger partial charge in [0.1, 0.15) is 12.6 Å². The second-order valence-electron chi connectivity index (χ2n) is 12.3. The van der Waals surface area contributed by atoms with E-state index in [0.29, 0.717) is 21.0 Å². The van der Waals surface area contributed by atoms with Gasteiger partial charge in [-0.1, -0.05) is 96.2 Å². The number of carbonyl (C=O) groups is 2. The number of benzene rings is 4. The number of rotatable bonds is 12. The molecule has 1 N–H and O–H groups in total. The smallest absolute Gasteiger partial charge is 0.352 e. The minimum Gasteiger partial charge on any atom is -0.352 e. The summed E-state index contributed by atoms with van der Waals surface area (Å²) in [6.45, 7) is 0.629. The molecule has 0 saturated heterocycles. The number of amides is 2. The molecule has 0 heterocycles. The van der Waals surface area contributed by atoms with Gasteiger partial charge in [0.05, 0.1) is 16.1 Å². The second kappa shape index (κ2) is 15.9. The van der Waals surface area contributed by atoms with Gasteiger partial charge in [-0.3, -0.25) is 13.9 Å². The van der Waals surface area contributed by atoms with Crippen molar-refractivity contribution in [2.24, 2.45) is 0 Å². The van der Waals surface area contributed by atoms with Crippen LogP contribution in [-0.2, 0) is 38.8 Å². The number of sulfonamides is 1. The average Bonchev–Trinajstić information content (AvgIpc) is 3.59. The van der Waals surface area contributed by atoms with Crippen LogP contribution in [-0.4, -0.2) is 43.8 Å². The van der Waals surface area contributed by atoms with E-state index < -0.39 is 46.2 Å². The molecule has 7 nitrogen and oxygen atoms in total. The zero-order valence-corrected chi connectivity index (χ0v) is 29.5. The van der Waals surface area contributed by atoms with Gasteiger partial charge in [0, 0.05) is 29.1 Å². The number of anilines is 1. The van der Waals surface area contributed by atoms with E-state index >= 15 is 0 Å². The van der Waals surface area contributed by atoms with Gasteiger partial charge in [-0.25, -0.2) is 8.42 Å². The molecule has 1 saturated carbocycles. The van der Waals surface area contributed by atoms with Crippen LogP contribution in [0.2, 0.25) is 10.0 Å². The zero-order valence-electron chi connectivity index (χ0n) is 27.2. The molecule has 2 amide bonds. The van der Waals surface area contributed by atoms with Crippen LogP contribution in [0.25, 0.3) is 0 Å². The Hall–Kier alpha value is -4.06. The molecule has 4 aromatic rings. The number of hydrogen-bond donors (Lipinski definition) is 1. The van der Waals surface area contributed by atoms with Crippen molar-refractivity contribution >= 4 is 50.7 Å². The summed E-state index contributed by atoms with van der Waals surface area (Å²) >= 11 is 12.7. The van der Waals surface area contributed by atoms with E-state index in [9.17, 15) is 31.2 Å². The van der Waals surface area contributed by atoms with Crippen molar-refractivity contribution in [2.75, 3.05) is 10.8 Å². The third-order valence-corrected chi connectivity index (χ3v) is 11.1. The first kappa shape index (κ1) is 37.2. The third-order valence-electron chi connectivity index (χ3n) is 8.68. The molecule has 0 bridgehead atoms. The maximum absolute atomic E-state index is 14.6. The number of hydrogen-bond acceptors (Lipinski definition) is 4. The minimum atomic E-state index is -4.78. The van der Waals surface area contributed by atoms with Crippen LogP contribution in [0.3, 0.4) is 0 Å². The number of nitrogens with zero attached hydrogens (tertiary/aromatic N) is 2. The molecule has 1 atom stereocenters. The van der Waals surface area contributed by atoms with E-state index in [-0.39, 0.29) is 34.6 Å². The Balaban J connectivity index is 1.61. The maximum Gasteiger partial charge on any atom is 0.416 e. The second-order valence-corrected chi connectivity index (χ2v) is 15.0. The van der Waals surface area contributed by atoms with Crippen LogP contribution in [0.4, 0.5) is 18.9 Å². The van der Waals surface area contributed by atoms with Crippen LogP contribution < -0.4 is 9.62 Å². The van der Waals surface area contributed by atoms with Gasteiger partial charge in [0.15, 0.2) is 0 Å². The highest BCUT2D eigenvalue weighted by Crippen LogP contribution is 2.34. The number of halogens is 5. The maximum atomic E-state index is 14.6. The highest BCUT2D eigenvalue weighted by Gasteiger charge is 2.37. The molecule has 0 aromatic heterocycles. The van der Waals surface area contributed by atoms with Crippen LogP contribution >= 0.6 is 23.2 Å². The van der Waals surface area contributed by atoms with Crippen molar-refractivity contribution in [1.82, 2.24) is 10.2 Å². The highest BCUT2D eigenvalue weighted by molar-refractivity contribution is 7.92. The lowest BCUT2D eigenvalue weighted by Gasteiger charge is -2.34. The van der Waals surface area contributed by atoms with Crippen molar-refractivity contribution in [1.29, 1.82) is 0 Å². The highest BCUT2D eigenvalue weighted by atomic mass is 35.5. The van der Waals surface area contributed by atoms with E-state index in [1.54, 1.807) is 43.3 Å². The summed E-state index contributed by atoms with van der Waals surface area (Å²) in [7, 11) is -4.60. The molecule has 5 rings (SSSR count). The molecule has 0 unspecified atom stereocenters. The molecule has 4 aromatic carbocycles. The topological polar surface area (TPSA) is 86.8 Å². The van der Waals surface area contributed by atoms with E-state index in [1.807, 2.05) is 18.2 Å². The lowest BCUT2D eigenvalue weighted by atomic mass is 10.0. The molecule has 0 spiro atoms. The molecule has 1 fully saturated rings. The first-order valence-electron chi connectivity index (χ1n) is 16.1. The first-order chi connectivity index (χ1) is 23.7. The quantitative estimate of drug-likeness (QED) is 0.158. The van der Waals surface area contributed by atoms with Gasteiger partial charge in [-0.05, 0) is 73.4 Å². The van der Waals surface area contributed by atoms with Crippen LogP contribution in [0.1, 0.15) is 47.9 Å². The monoisotopic (exact) mass is 745 g/mol. The molecule has 0 radical (unpaired) electrons. The Morgan fingerprint density at radius 2 is 1.58 bits per heavy atom. The summed E-state index contributed by atoms with van der Waals surface area (Å²) in [6.07, 6.45) is -1.27. The first-order valence-corrected chi connectivity index (χ1v) is 18.3. The number of carbonyl (C=O) groups excluding carboxylic acids is 2. The minimum absolute atomic E-state index is 0.0740. The van der Waals surface area contributed by atoms with Crippen molar-refractivity contribution in [2.45, 2.75) is 68.7 Å². The van der Waals surface area contributed by atoms with Gasteiger partial charge in [0.2, 0.25) is 11.8 Å². The van der Waals surface area contributed by atoms with E-state index in [0.717, 1.165) is 48.9 Å². The summed E-state index contributed by atoms with van der Waals surface area (Å²) in [5.41, 5.74) is 0.473. The Labute approximate surface area is 300 Å². The Bertz CT molecular complexity index is 1920. The Kier molecular flexibility index (Phi) is 11.8. The predicted octanol–water partition coefficient (Wildman–Crippen LogP) is 8.21. The Morgan fingerprint density at radius 1 is 0.900 bits per heavy atom. The summed E-state index contributed by atoms with van der Waals surface area (Å²) in [4.78, 5) is 29.8. The van der Waals surface area contributed by atoms with E-state index in [1.165, 1.54) is 29.2 Å². The number of alkyl halides is 3. The summed E-state index contributed by atoms with van der Waals surface area (Å²) in [5.74, 6) is -1.27. The van der Waals surface area contributed by atoms with Gasteiger partial charge < -0.3 is 10.2 Å². The van der Waals surface area contributed by atoms with Gasteiger partial charge in [-0.15, -0.1) is 0 Å². The van der Waals surface area contributed by atoms with E-state index in [2.05, 4.69) is 5.32 Å². The fourth-order valence-electron chi connectivity index (χ4n) is 5.96. The standard InChI is InChI=1S/C37H36Cl2F3N3O4S/c1-25-14-18-32(19-15-25)50(48,49)45(31-13-7-10-28(21-31)37(40,41)42)24-35(46)44(23-27-16-17-29(38)22-33(27)39)34(20-26-8-3-2-4-9-26)36(47)43-30-11-5-6-12-30/h2-4,7-10,13-19,21-22,30,34H,5-6,11-12,20,23-24H2,1H3,(H,43,47)/t34-/m0/s1. The number of nitrogens with one attached hydrogen (secondary N) is 1. The molecule has 264 valence electrons. The Morgan fingerprint density at radius 3 is 2.22 bits per heavy atom. The fourth-order valence-corrected chi connectivity index (χ4v) is 7.83. The molecule has 0 aliphatic heterocycles. The predicted molar refractivity (Wildman–Crippen MR) is 188 cm³/mol. The summed E-state index contributed by atoms with van der Waals surface area (Å²) < 4.78 is 70.6. The van der Waals surface area contributed by atoms with Crippen LogP contribution in [0, 0.1) is 6.92 Å². The van der Waals surface area contributed by atoms with Crippen molar-refractivity contribution in [3.63, 3.8) is 0 Å².